The first-order chi connectivity index (χ1) is 12.3. The molecule has 0 amide bonds. The summed E-state index contributed by atoms with van der Waals surface area (Å²) in [4.78, 5) is 2.76. The molecule has 7 heteroatoms. The number of morpholine rings is 1. The number of rotatable bonds is 6. The molecule has 0 unspecified atom stereocenters. The van der Waals surface area contributed by atoms with Gasteiger partial charge >= 0.3 is 0 Å². The fraction of sp³-hybridized carbons (Fsp3) is 0.833. The lowest BCUT2D eigenvalue weighted by atomic mass is 9.89. The minimum Gasteiger partial charge on any atom is -0.475 e. The largest absolute Gasteiger partial charge is 0.475 e. The van der Waals surface area contributed by atoms with Gasteiger partial charge in [-0.25, -0.2) is 0 Å². The molecule has 1 aliphatic carbocycles. The number of hydrogen-bond acceptors (Lipinski definition) is 6. The number of aliphatic hydroxyl groups excluding tert-OH is 1. The van der Waals surface area contributed by atoms with Crippen LogP contribution in [-0.2, 0) is 4.74 Å². The highest BCUT2D eigenvalue weighted by molar-refractivity contribution is 5.46. The van der Waals surface area contributed by atoms with Crippen molar-refractivity contribution in [1.29, 1.82) is 0 Å². The standard InChI is InChI=1S/C18H30N4O3/c19-17-10-21(20-18(17)25-9-1-8-23)13-2-4-14(5-3-13)22-15-6-7-16(22)12-24-11-15/h10,13-16,23H,1-9,11-12,19H2/t13-,14-,15-,16+. The minimum absolute atomic E-state index is 0.119. The third-order valence-corrected chi connectivity index (χ3v) is 6.02. The Morgan fingerprint density at radius 1 is 1.08 bits per heavy atom. The normalized spacial score (nSPS) is 32.8. The van der Waals surface area contributed by atoms with Gasteiger partial charge in [0.2, 0.25) is 0 Å². The van der Waals surface area contributed by atoms with Crippen molar-refractivity contribution >= 4 is 5.69 Å². The predicted octanol–water partition coefficient (Wildman–Crippen LogP) is 1.57. The van der Waals surface area contributed by atoms with Crippen molar-refractivity contribution in [3.63, 3.8) is 0 Å². The zero-order valence-corrected chi connectivity index (χ0v) is 14.8. The summed E-state index contributed by atoms with van der Waals surface area (Å²) >= 11 is 0. The maximum absolute atomic E-state index is 8.85. The second kappa shape index (κ2) is 7.51. The molecule has 1 aromatic heterocycles. The number of nitrogens with zero attached hydrogens (tertiary/aromatic N) is 3. The van der Waals surface area contributed by atoms with E-state index in [1.807, 2.05) is 10.9 Å². The number of nitrogen functional groups attached to an aromatic ring is 1. The molecule has 3 fully saturated rings. The van der Waals surface area contributed by atoms with Gasteiger partial charge in [0, 0.05) is 31.2 Å². The highest BCUT2D eigenvalue weighted by Gasteiger charge is 2.42. The molecule has 3 aliphatic rings. The fourth-order valence-corrected chi connectivity index (χ4v) is 4.80. The summed E-state index contributed by atoms with van der Waals surface area (Å²) in [6.45, 7) is 2.40. The molecule has 2 atom stereocenters. The number of ether oxygens (including phenoxy) is 2. The van der Waals surface area contributed by atoms with E-state index in [2.05, 4.69) is 10.00 Å². The predicted molar refractivity (Wildman–Crippen MR) is 94.6 cm³/mol. The van der Waals surface area contributed by atoms with Gasteiger partial charge in [0.15, 0.2) is 0 Å². The van der Waals surface area contributed by atoms with Crippen LogP contribution in [0.15, 0.2) is 6.20 Å². The van der Waals surface area contributed by atoms with Gasteiger partial charge in [0.25, 0.3) is 5.88 Å². The van der Waals surface area contributed by atoms with E-state index in [0.29, 0.717) is 48.8 Å². The van der Waals surface area contributed by atoms with Gasteiger partial charge in [-0.1, -0.05) is 0 Å². The highest BCUT2D eigenvalue weighted by atomic mass is 16.5. The first-order valence-corrected chi connectivity index (χ1v) is 9.69. The Hall–Kier alpha value is -1.31. The van der Waals surface area contributed by atoms with Crippen molar-refractivity contribution in [2.24, 2.45) is 0 Å². The molecule has 4 rings (SSSR count). The zero-order chi connectivity index (χ0) is 17.2. The highest BCUT2D eigenvalue weighted by Crippen LogP contribution is 2.38. The number of fused-ring (bicyclic) bond motifs is 2. The van der Waals surface area contributed by atoms with E-state index in [1.165, 1.54) is 25.7 Å². The SMILES string of the molecule is Nc1cn([C@H]2CC[C@H](N3[C@@H]4CC[C@H]3COC4)CC2)nc1OCCCO. The lowest BCUT2D eigenvalue weighted by Crippen LogP contribution is -2.52. The summed E-state index contributed by atoms with van der Waals surface area (Å²) in [6, 6.07) is 2.40. The van der Waals surface area contributed by atoms with Gasteiger partial charge in [-0.05, 0) is 38.5 Å². The Labute approximate surface area is 149 Å². The van der Waals surface area contributed by atoms with Gasteiger partial charge in [-0.2, -0.15) is 0 Å². The second-order valence-electron chi connectivity index (χ2n) is 7.63. The summed E-state index contributed by atoms with van der Waals surface area (Å²) in [5.41, 5.74) is 6.62. The summed E-state index contributed by atoms with van der Waals surface area (Å²) in [6.07, 6.45) is 9.81. The van der Waals surface area contributed by atoms with Gasteiger partial charge in [-0.15, -0.1) is 5.10 Å². The molecule has 25 heavy (non-hydrogen) atoms. The Kier molecular flexibility index (Phi) is 5.15. The van der Waals surface area contributed by atoms with Crippen LogP contribution < -0.4 is 10.5 Å². The van der Waals surface area contributed by atoms with Crippen molar-refractivity contribution < 1.29 is 14.6 Å². The molecule has 140 valence electrons. The van der Waals surface area contributed by atoms with E-state index in [4.69, 9.17) is 20.3 Å². The lowest BCUT2D eigenvalue weighted by Gasteiger charge is -2.43. The molecule has 3 heterocycles. The van der Waals surface area contributed by atoms with Crippen LogP contribution in [0.25, 0.3) is 0 Å². The van der Waals surface area contributed by atoms with Crippen LogP contribution in [0.1, 0.15) is 51.0 Å². The van der Waals surface area contributed by atoms with Crippen LogP contribution in [0.2, 0.25) is 0 Å². The molecular weight excluding hydrogens is 320 g/mol. The average molecular weight is 350 g/mol. The first-order valence-electron chi connectivity index (χ1n) is 9.69. The van der Waals surface area contributed by atoms with Crippen LogP contribution in [0.3, 0.4) is 0 Å². The Morgan fingerprint density at radius 3 is 2.40 bits per heavy atom. The third kappa shape index (κ3) is 3.50. The van der Waals surface area contributed by atoms with E-state index in [1.54, 1.807) is 0 Å². The number of nitrogens with two attached hydrogens (primary N) is 1. The molecular formula is C18H30N4O3. The summed E-state index contributed by atoms with van der Waals surface area (Å²) in [5, 5.41) is 13.4. The van der Waals surface area contributed by atoms with Crippen molar-refractivity contribution in [3.8, 4) is 5.88 Å². The van der Waals surface area contributed by atoms with Gasteiger partial charge < -0.3 is 20.3 Å². The molecule has 0 spiro atoms. The molecule has 0 aromatic carbocycles. The second-order valence-corrected chi connectivity index (χ2v) is 7.63. The van der Waals surface area contributed by atoms with Crippen LogP contribution in [-0.4, -0.2) is 64.3 Å². The summed E-state index contributed by atoms with van der Waals surface area (Å²) in [7, 11) is 0. The van der Waals surface area contributed by atoms with Crippen molar-refractivity contribution in [1.82, 2.24) is 14.7 Å². The maximum atomic E-state index is 8.85. The molecule has 3 N–H and O–H groups in total. The maximum Gasteiger partial charge on any atom is 0.256 e. The third-order valence-electron chi connectivity index (χ3n) is 6.02. The fourth-order valence-electron chi connectivity index (χ4n) is 4.80. The molecule has 1 saturated carbocycles. The summed E-state index contributed by atoms with van der Waals surface area (Å²) in [5.74, 6) is 0.502. The van der Waals surface area contributed by atoms with Crippen LogP contribution in [0.5, 0.6) is 5.88 Å². The monoisotopic (exact) mass is 350 g/mol. The van der Waals surface area contributed by atoms with E-state index < -0.39 is 0 Å². The molecule has 2 bridgehead atoms. The molecule has 2 saturated heterocycles. The topological polar surface area (TPSA) is 85.8 Å². The molecule has 1 aromatic rings. The number of aliphatic hydroxyl groups is 1. The van der Waals surface area contributed by atoms with Crippen LogP contribution in [0, 0.1) is 0 Å². The van der Waals surface area contributed by atoms with E-state index in [9.17, 15) is 0 Å². The minimum atomic E-state index is 0.119. The number of hydrogen-bond donors (Lipinski definition) is 2. The Bertz CT molecular complexity index is 555. The lowest BCUT2D eigenvalue weighted by molar-refractivity contribution is -0.0458. The van der Waals surface area contributed by atoms with E-state index in [-0.39, 0.29) is 6.61 Å². The van der Waals surface area contributed by atoms with Gasteiger partial charge in [0.1, 0.15) is 5.69 Å². The number of anilines is 1. The summed E-state index contributed by atoms with van der Waals surface area (Å²) < 4.78 is 13.3. The Balaban J connectivity index is 1.33. The van der Waals surface area contributed by atoms with Crippen LogP contribution >= 0.6 is 0 Å². The van der Waals surface area contributed by atoms with Crippen molar-refractivity contribution in [3.05, 3.63) is 6.20 Å². The first kappa shape index (κ1) is 17.1. The molecule has 0 radical (unpaired) electrons. The molecule has 7 nitrogen and oxygen atoms in total. The smallest absolute Gasteiger partial charge is 0.256 e. The van der Waals surface area contributed by atoms with Gasteiger partial charge in [-0.3, -0.25) is 9.58 Å². The Morgan fingerprint density at radius 2 is 1.72 bits per heavy atom. The number of aromatic nitrogens is 2. The van der Waals surface area contributed by atoms with Gasteiger partial charge in [0.05, 0.1) is 32.1 Å². The van der Waals surface area contributed by atoms with E-state index >= 15 is 0 Å². The quantitative estimate of drug-likeness (QED) is 0.758. The van der Waals surface area contributed by atoms with Crippen molar-refractivity contribution in [2.75, 3.05) is 32.2 Å². The van der Waals surface area contributed by atoms with Crippen molar-refractivity contribution in [2.45, 2.75) is 69.1 Å². The van der Waals surface area contributed by atoms with Crippen LogP contribution in [0.4, 0.5) is 5.69 Å². The zero-order valence-electron chi connectivity index (χ0n) is 14.8. The van der Waals surface area contributed by atoms with E-state index in [0.717, 1.165) is 26.1 Å². The average Bonchev–Trinajstić information content (AvgIpc) is 3.12. The molecule has 2 aliphatic heterocycles.